The highest BCUT2D eigenvalue weighted by Crippen LogP contribution is 2.28. The van der Waals surface area contributed by atoms with Crippen molar-refractivity contribution in [2.24, 2.45) is 4.99 Å². The van der Waals surface area contributed by atoms with Crippen LogP contribution >= 0.6 is 24.0 Å². The van der Waals surface area contributed by atoms with Crippen LogP contribution in [0.4, 0.5) is 0 Å². The van der Waals surface area contributed by atoms with E-state index in [0.717, 1.165) is 30.9 Å². The van der Waals surface area contributed by atoms with Gasteiger partial charge >= 0.3 is 0 Å². The minimum absolute atomic E-state index is 0. The number of sulfone groups is 1. The number of nitrogens with zero attached hydrogens (tertiary/aromatic N) is 1. The minimum atomic E-state index is -3.25. The van der Waals surface area contributed by atoms with E-state index in [9.17, 15) is 8.42 Å². The van der Waals surface area contributed by atoms with Crippen LogP contribution in [0.3, 0.4) is 0 Å². The maximum absolute atomic E-state index is 12.3. The number of guanidine groups is 1. The summed E-state index contributed by atoms with van der Waals surface area (Å²) in [4.78, 5) is 4.56. The molecule has 0 aromatic heterocycles. The van der Waals surface area contributed by atoms with Crippen molar-refractivity contribution in [3.8, 4) is 11.5 Å². The van der Waals surface area contributed by atoms with E-state index < -0.39 is 9.84 Å². The van der Waals surface area contributed by atoms with Crippen molar-refractivity contribution in [3.05, 3.63) is 54.1 Å². The number of hydrogen-bond acceptors (Lipinski definition) is 5. The molecule has 2 N–H and O–H groups in total. The SMILES string of the molecule is CCOc1cc(CCCNC(=NC)NCCCS(=O)(=O)c2ccccc2)ccc1OC.I. The summed E-state index contributed by atoms with van der Waals surface area (Å²) < 4.78 is 35.6. The van der Waals surface area contributed by atoms with Crippen LogP contribution in [0.25, 0.3) is 0 Å². The Morgan fingerprint density at radius 3 is 2.31 bits per heavy atom. The van der Waals surface area contributed by atoms with Gasteiger partial charge in [0.1, 0.15) is 0 Å². The van der Waals surface area contributed by atoms with E-state index >= 15 is 0 Å². The average Bonchev–Trinajstić information content (AvgIpc) is 2.79. The first-order valence-electron chi connectivity index (χ1n) is 10.5. The lowest BCUT2D eigenvalue weighted by molar-refractivity contribution is 0.310. The molecule has 0 bridgehead atoms. The van der Waals surface area contributed by atoms with Crippen LogP contribution in [0.5, 0.6) is 11.5 Å². The van der Waals surface area contributed by atoms with E-state index in [1.54, 1.807) is 38.4 Å². The standard InChI is InChI=1S/C23H33N3O4S.HI/c1-4-30-22-18-19(13-14-21(22)29-3)10-8-15-25-23(24-2)26-16-9-17-31(27,28)20-11-6-5-7-12-20;/h5-7,11-14,18H,4,8-10,15-17H2,1-3H3,(H2,24,25,26);1H. The third-order valence-corrected chi connectivity index (χ3v) is 6.49. The number of aryl methyl sites for hydroxylation is 1. The molecule has 0 aliphatic heterocycles. The van der Waals surface area contributed by atoms with Gasteiger partial charge in [-0.15, -0.1) is 24.0 Å². The number of halogens is 1. The lowest BCUT2D eigenvalue weighted by Crippen LogP contribution is -2.38. The number of nitrogens with one attached hydrogen (secondary N) is 2. The van der Waals surface area contributed by atoms with Crippen molar-refractivity contribution in [3.63, 3.8) is 0 Å². The summed E-state index contributed by atoms with van der Waals surface area (Å²) in [5.41, 5.74) is 1.18. The molecule has 0 atom stereocenters. The highest BCUT2D eigenvalue weighted by atomic mass is 127. The maximum atomic E-state index is 12.3. The summed E-state index contributed by atoms with van der Waals surface area (Å²) in [6.45, 7) is 3.82. The van der Waals surface area contributed by atoms with E-state index in [4.69, 9.17) is 9.47 Å². The van der Waals surface area contributed by atoms with Gasteiger partial charge in [0.25, 0.3) is 0 Å². The van der Waals surface area contributed by atoms with Gasteiger partial charge in [0, 0.05) is 20.1 Å². The quantitative estimate of drug-likeness (QED) is 0.174. The Hall–Kier alpha value is -2.01. The molecule has 2 aromatic carbocycles. The van der Waals surface area contributed by atoms with Gasteiger partial charge in [0.2, 0.25) is 0 Å². The summed E-state index contributed by atoms with van der Waals surface area (Å²) in [5.74, 6) is 2.27. The van der Waals surface area contributed by atoms with Crippen LogP contribution in [0, 0.1) is 0 Å². The molecule has 0 spiro atoms. The number of ether oxygens (including phenoxy) is 2. The number of benzene rings is 2. The number of rotatable bonds is 12. The zero-order valence-corrected chi connectivity index (χ0v) is 22.1. The molecular weight excluding hydrogens is 541 g/mol. The summed E-state index contributed by atoms with van der Waals surface area (Å²) in [7, 11) is 0.0895. The highest BCUT2D eigenvalue weighted by Gasteiger charge is 2.13. The summed E-state index contributed by atoms with van der Waals surface area (Å²) in [6, 6.07) is 14.5. The molecule has 0 saturated heterocycles. The van der Waals surface area contributed by atoms with Gasteiger partial charge in [0.05, 0.1) is 24.4 Å². The van der Waals surface area contributed by atoms with Gasteiger partial charge in [-0.25, -0.2) is 8.42 Å². The monoisotopic (exact) mass is 575 g/mol. The molecule has 178 valence electrons. The summed E-state index contributed by atoms with van der Waals surface area (Å²) in [6.07, 6.45) is 2.31. The number of hydrogen-bond donors (Lipinski definition) is 2. The molecule has 0 fully saturated rings. The number of methoxy groups -OCH3 is 1. The van der Waals surface area contributed by atoms with Crippen molar-refractivity contribution in [1.82, 2.24) is 10.6 Å². The van der Waals surface area contributed by atoms with Crippen LogP contribution in [0.2, 0.25) is 0 Å². The van der Waals surface area contributed by atoms with E-state index in [0.29, 0.717) is 30.4 Å². The van der Waals surface area contributed by atoms with Crippen LogP contribution in [0.1, 0.15) is 25.3 Å². The molecule has 0 radical (unpaired) electrons. The molecule has 0 amide bonds. The second-order valence-electron chi connectivity index (χ2n) is 6.93. The molecule has 2 aromatic rings. The second-order valence-corrected chi connectivity index (χ2v) is 9.04. The largest absolute Gasteiger partial charge is 0.493 e. The summed E-state index contributed by atoms with van der Waals surface area (Å²) >= 11 is 0. The first-order valence-corrected chi connectivity index (χ1v) is 12.2. The Morgan fingerprint density at radius 2 is 1.69 bits per heavy atom. The van der Waals surface area contributed by atoms with Gasteiger partial charge in [0.15, 0.2) is 27.3 Å². The third kappa shape index (κ3) is 9.23. The Labute approximate surface area is 208 Å². The first kappa shape index (κ1) is 28.0. The lowest BCUT2D eigenvalue weighted by atomic mass is 10.1. The normalized spacial score (nSPS) is 11.4. The molecule has 0 saturated carbocycles. The van der Waals surface area contributed by atoms with Crippen molar-refractivity contribution in [1.29, 1.82) is 0 Å². The molecule has 2 rings (SSSR count). The van der Waals surface area contributed by atoms with Gasteiger partial charge in [-0.2, -0.15) is 0 Å². The molecule has 0 aliphatic rings. The van der Waals surface area contributed by atoms with Crippen LogP contribution in [-0.2, 0) is 16.3 Å². The fourth-order valence-corrected chi connectivity index (χ4v) is 4.41. The van der Waals surface area contributed by atoms with Crippen molar-refractivity contribution in [2.75, 3.05) is 39.6 Å². The maximum Gasteiger partial charge on any atom is 0.190 e. The van der Waals surface area contributed by atoms with E-state index in [-0.39, 0.29) is 29.7 Å². The van der Waals surface area contributed by atoms with Crippen LogP contribution < -0.4 is 20.1 Å². The first-order chi connectivity index (χ1) is 15.0. The second kappa shape index (κ2) is 14.9. The Kier molecular flexibility index (Phi) is 13.1. The smallest absolute Gasteiger partial charge is 0.190 e. The molecule has 0 heterocycles. The van der Waals surface area contributed by atoms with Crippen molar-refractivity contribution >= 4 is 39.8 Å². The lowest BCUT2D eigenvalue weighted by Gasteiger charge is -2.13. The Morgan fingerprint density at radius 1 is 1.00 bits per heavy atom. The Bertz CT molecular complexity index is 938. The zero-order valence-electron chi connectivity index (χ0n) is 19.0. The van der Waals surface area contributed by atoms with Gasteiger partial charge < -0.3 is 20.1 Å². The average molecular weight is 576 g/mol. The third-order valence-electron chi connectivity index (χ3n) is 4.67. The summed E-state index contributed by atoms with van der Waals surface area (Å²) in [5, 5.41) is 6.44. The minimum Gasteiger partial charge on any atom is -0.493 e. The van der Waals surface area contributed by atoms with Gasteiger partial charge in [-0.05, 0) is 56.0 Å². The van der Waals surface area contributed by atoms with Gasteiger partial charge in [-0.1, -0.05) is 24.3 Å². The predicted octanol–water partition coefficient (Wildman–Crippen LogP) is 3.67. The fraction of sp³-hybridized carbons (Fsp3) is 0.435. The van der Waals surface area contributed by atoms with Crippen LogP contribution in [0.15, 0.2) is 58.4 Å². The number of aliphatic imine (C=N–C) groups is 1. The van der Waals surface area contributed by atoms with Crippen molar-refractivity contribution < 1.29 is 17.9 Å². The van der Waals surface area contributed by atoms with Gasteiger partial charge in [-0.3, -0.25) is 4.99 Å². The molecule has 9 heteroatoms. The van der Waals surface area contributed by atoms with Crippen LogP contribution in [-0.4, -0.2) is 54.0 Å². The van der Waals surface area contributed by atoms with E-state index in [1.807, 2.05) is 31.2 Å². The van der Waals surface area contributed by atoms with E-state index in [2.05, 4.69) is 15.6 Å². The molecular formula is C23H34IN3O4S. The van der Waals surface area contributed by atoms with E-state index in [1.165, 1.54) is 5.56 Å². The highest BCUT2D eigenvalue weighted by molar-refractivity contribution is 14.0. The zero-order chi connectivity index (χ0) is 22.5. The Balaban J connectivity index is 0.00000512. The molecule has 7 nitrogen and oxygen atoms in total. The topological polar surface area (TPSA) is 89.0 Å². The predicted molar refractivity (Wildman–Crippen MR) is 140 cm³/mol. The molecule has 0 unspecified atom stereocenters. The van der Waals surface area contributed by atoms with Crippen molar-refractivity contribution in [2.45, 2.75) is 31.1 Å². The molecule has 0 aliphatic carbocycles. The fourth-order valence-electron chi connectivity index (χ4n) is 3.08. The molecule has 32 heavy (non-hydrogen) atoms.